The van der Waals surface area contributed by atoms with Crippen LogP contribution in [-0.2, 0) is 16.1 Å². The Hall–Kier alpha value is -2.93. The lowest BCUT2D eigenvalue weighted by Gasteiger charge is -2.30. The Kier molecular flexibility index (Phi) is 7.37. The van der Waals surface area contributed by atoms with Gasteiger partial charge >= 0.3 is 0 Å². The lowest BCUT2D eigenvalue weighted by Crippen LogP contribution is -2.43. The first kappa shape index (κ1) is 22.3. The first-order valence-corrected chi connectivity index (χ1v) is 11.5. The van der Waals surface area contributed by atoms with Crippen LogP contribution in [0.25, 0.3) is 0 Å². The normalized spacial score (nSPS) is 17.3. The van der Waals surface area contributed by atoms with E-state index in [2.05, 4.69) is 32.6 Å². The molecule has 2 aromatic carbocycles. The van der Waals surface area contributed by atoms with Crippen LogP contribution in [0, 0.1) is 11.7 Å². The molecule has 2 fully saturated rings. The summed E-state index contributed by atoms with van der Waals surface area (Å²) in [5.74, 6) is -0.335. The van der Waals surface area contributed by atoms with E-state index < -0.39 is 0 Å². The standard InChI is InChI=1S/C25H31FN4O2/c26-21-5-3-19(4-6-21)17-27-25(32)20-11-15-29(16-12-20)18-24(31)28-22-7-9-23(10-8-22)30-13-1-2-14-30/h3-10,20H,1-2,11-18H2,(H,27,32)(H,28,31). The molecule has 2 amide bonds. The van der Waals surface area contributed by atoms with Gasteiger partial charge in [-0.05, 0) is 80.7 Å². The highest BCUT2D eigenvalue weighted by Crippen LogP contribution is 2.22. The Labute approximate surface area is 188 Å². The minimum atomic E-state index is -0.282. The Balaban J connectivity index is 1.17. The topological polar surface area (TPSA) is 64.7 Å². The number of carbonyl (C=O) groups excluding carboxylic acids is 2. The number of benzene rings is 2. The largest absolute Gasteiger partial charge is 0.372 e. The smallest absolute Gasteiger partial charge is 0.238 e. The molecule has 0 unspecified atom stereocenters. The van der Waals surface area contributed by atoms with E-state index >= 15 is 0 Å². The summed E-state index contributed by atoms with van der Waals surface area (Å²) in [6.45, 7) is 4.37. The maximum Gasteiger partial charge on any atom is 0.238 e. The molecule has 0 radical (unpaired) electrons. The zero-order valence-corrected chi connectivity index (χ0v) is 18.4. The molecule has 32 heavy (non-hydrogen) atoms. The fourth-order valence-electron chi connectivity index (χ4n) is 4.42. The van der Waals surface area contributed by atoms with Gasteiger partial charge in [0, 0.05) is 36.9 Å². The van der Waals surface area contributed by atoms with Crippen LogP contribution in [-0.4, -0.2) is 49.4 Å². The number of piperidine rings is 1. The summed E-state index contributed by atoms with van der Waals surface area (Å²) < 4.78 is 13.0. The first-order valence-electron chi connectivity index (χ1n) is 11.5. The second kappa shape index (κ2) is 10.6. The summed E-state index contributed by atoms with van der Waals surface area (Å²) in [7, 11) is 0. The third-order valence-corrected chi connectivity index (χ3v) is 6.33. The molecule has 0 spiro atoms. The molecule has 170 valence electrons. The molecule has 2 saturated heterocycles. The zero-order valence-electron chi connectivity index (χ0n) is 18.4. The van der Waals surface area contributed by atoms with E-state index in [0.717, 1.165) is 50.3 Å². The maximum absolute atomic E-state index is 13.0. The lowest BCUT2D eigenvalue weighted by molar-refractivity contribution is -0.126. The number of nitrogens with zero attached hydrogens (tertiary/aromatic N) is 2. The van der Waals surface area contributed by atoms with E-state index in [1.807, 2.05) is 12.1 Å². The highest BCUT2D eigenvalue weighted by molar-refractivity contribution is 5.92. The molecule has 0 atom stereocenters. The van der Waals surface area contributed by atoms with Gasteiger partial charge in [-0.25, -0.2) is 4.39 Å². The number of hydrogen-bond acceptors (Lipinski definition) is 4. The number of hydrogen-bond donors (Lipinski definition) is 2. The highest BCUT2D eigenvalue weighted by Gasteiger charge is 2.25. The molecule has 2 heterocycles. The predicted molar refractivity (Wildman–Crippen MR) is 124 cm³/mol. The van der Waals surface area contributed by atoms with Crippen molar-refractivity contribution in [2.24, 2.45) is 5.92 Å². The Bertz CT molecular complexity index is 903. The zero-order chi connectivity index (χ0) is 22.3. The number of nitrogens with one attached hydrogen (secondary N) is 2. The summed E-state index contributed by atoms with van der Waals surface area (Å²) in [5, 5.41) is 5.92. The minimum absolute atomic E-state index is 0.0246. The van der Waals surface area contributed by atoms with Crippen molar-refractivity contribution in [1.82, 2.24) is 10.2 Å². The molecule has 2 aliphatic heterocycles. The highest BCUT2D eigenvalue weighted by atomic mass is 19.1. The average Bonchev–Trinajstić information content (AvgIpc) is 3.34. The van der Waals surface area contributed by atoms with Gasteiger partial charge in [-0.15, -0.1) is 0 Å². The second-order valence-electron chi connectivity index (χ2n) is 8.68. The van der Waals surface area contributed by atoms with Crippen molar-refractivity contribution in [2.75, 3.05) is 42.9 Å². The Morgan fingerprint density at radius 3 is 2.22 bits per heavy atom. The molecule has 6 nitrogen and oxygen atoms in total. The van der Waals surface area contributed by atoms with Crippen molar-refractivity contribution in [3.8, 4) is 0 Å². The number of likely N-dealkylation sites (tertiary alicyclic amines) is 1. The quantitative estimate of drug-likeness (QED) is 0.696. The Morgan fingerprint density at radius 1 is 0.906 bits per heavy atom. The molecule has 0 aliphatic carbocycles. The van der Waals surface area contributed by atoms with Gasteiger partial charge in [0.15, 0.2) is 0 Å². The van der Waals surface area contributed by atoms with Crippen LogP contribution in [0.2, 0.25) is 0 Å². The van der Waals surface area contributed by atoms with Gasteiger partial charge in [0.05, 0.1) is 6.54 Å². The van der Waals surface area contributed by atoms with Gasteiger partial charge < -0.3 is 15.5 Å². The van der Waals surface area contributed by atoms with E-state index in [1.165, 1.54) is 30.7 Å². The van der Waals surface area contributed by atoms with Crippen LogP contribution >= 0.6 is 0 Å². The van der Waals surface area contributed by atoms with Crippen molar-refractivity contribution >= 4 is 23.2 Å². The lowest BCUT2D eigenvalue weighted by atomic mass is 9.96. The van der Waals surface area contributed by atoms with Gasteiger partial charge in [0.25, 0.3) is 0 Å². The molecule has 0 aromatic heterocycles. The van der Waals surface area contributed by atoms with E-state index in [0.29, 0.717) is 13.1 Å². The van der Waals surface area contributed by atoms with Crippen LogP contribution in [0.3, 0.4) is 0 Å². The van der Waals surface area contributed by atoms with E-state index in [4.69, 9.17) is 0 Å². The molecule has 2 aliphatic rings. The Morgan fingerprint density at radius 2 is 1.56 bits per heavy atom. The predicted octanol–water partition coefficient (Wildman–Crippen LogP) is 3.39. The first-order chi connectivity index (χ1) is 15.6. The van der Waals surface area contributed by atoms with Crippen LogP contribution in [0.1, 0.15) is 31.2 Å². The maximum atomic E-state index is 13.0. The number of carbonyl (C=O) groups is 2. The molecule has 2 N–H and O–H groups in total. The number of anilines is 2. The third kappa shape index (κ3) is 6.07. The summed E-state index contributed by atoms with van der Waals surface area (Å²) >= 11 is 0. The van der Waals surface area contributed by atoms with Crippen molar-refractivity contribution in [1.29, 1.82) is 0 Å². The van der Waals surface area contributed by atoms with E-state index in [-0.39, 0.29) is 23.5 Å². The summed E-state index contributed by atoms with van der Waals surface area (Å²) in [6.07, 6.45) is 3.94. The van der Waals surface area contributed by atoms with Crippen LogP contribution in [0.15, 0.2) is 48.5 Å². The van der Waals surface area contributed by atoms with Crippen LogP contribution in [0.5, 0.6) is 0 Å². The van der Waals surface area contributed by atoms with Crippen molar-refractivity contribution in [3.05, 3.63) is 59.9 Å². The monoisotopic (exact) mass is 438 g/mol. The van der Waals surface area contributed by atoms with Crippen molar-refractivity contribution < 1.29 is 14.0 Å². The molecule has 0 saturated carbocycles. The fraction of sp³-hybridized carbons (Fsp3) is 0.440. The van der Waals surface area contributed by atoms with Gasteiger partial charge in [-0.3, -0.25) is 14.5 Å². The summed E-state index contributed by atoms with van der Waals surface area (Å²) in [6, 6.07) is 14.2. The molecule has 2 aromatic rings. The van der Waals surface area contributed by atoms with Crippen molar-refractivity contribution in [2.45, 2.75) is 32.2 Å². The molecule has 7 heteroatoms. The minimum Gasteiger partial charge on any atom is -0.372 e. The molecular weight excluding hydrogens is 407 g/mol. The van der Waals surface area contributed by atoms with Gasteiger partial charge in [0.1, 0.15) is 5.82 Å². The summed E-state index contributed by atoms with van der Waals surface area (Å²) in [4.78, 5) is 29.4. The number of halogens is 1. The fourth-order valence-corrected chi connectivity index (χ4v) is 4.42. The molecule has 4 rings (SSSR count). The number of rotatable bonds is 7. The number of amides is 2. The molecule has 0 bridgehead atoms. The average molecular weight is 439 g/mol. The van der Waals surface area contributed by atoms with Gasteiger partial charge in [-0.1, -0.05) is 12.1 Å². The van der Waals surface area contributed by atoms with E-state index in [9.17, 15) is 14.0 Å². The molecular formula is C25H31FN4O2. The van der Waals surface area contributed by atoms with Gasteiger partial charge in [-0.2, -0.15) is 0 Å². The van der Waals surface area contributed by atoms with Crippen molar-refractivity contribution in [3.63, 3.8) is 0 Å². The van der Waals surface area contributed by atoms with Gasteiger partial charge in [0.2, 0.25) is 11.8 Å². The van der Waals surface area contributed by atoms with E-state index in [1.54, 1.807) is 12.1 Å². The van der Waals surface area contributed by atoms with Crippen LogP contribution < -0.4 is 15.5 Å². The summed E-state index contributed by atoms with van der Waals surface area (Å²) in [5.41, 5.74) is 2.90. The SMILES string of the molecule is O=C(CN1CCC(C(=O)NCc2ccc(F)cc2)CC1)Nc1ccc(N2CCCC2)cc1. The third-order valence-electron chi connectivity index (χ3n) is 6.33. The van der Waals surface area contributed by atoms with Crippen LogP contribution in [0.4, 0.5) is 15.8 Å². The second-order valence-corrected chi connectivity index (χ2v) is 8.68.